The van der Waals surface area contributed by atoms with Crippen LogP contribution in [-0.2, 0) is 4.79 Å². The topological polar surface area (TPSA) is 125 Å². The highest BCUT2D eigenvalue weighted by Crippen LogP contribution is 2.39. The molecule has 7 nitrogen and oxygen atoms in total. The molecule has 2 aromatic carbocycles. The van der Waals surface area contributed by atoms with Crippen LogP contribution in [0.5, 0.6) is 0 Å². The number of nitro benzene ring substituents is 1. The predicted octanol–water partition coefficient (Wildman–Crippen LogP) is 3.11. The van der Waals surface area contributed by atoms with Crippen LogP contribution in [0.25, 0.3) is 10.2 Å². The zero-order valence-electron chi connectivity index (χ0n) is 12.2. The number of nitro groups is 1. The zero-order chi connectivity index (χ0) is 17.3. The summed E-state index contributed by atoms with van der Waals surface area (Å²) in [5, 5.41) is 10.0. The average molecular weight is 360 g/mol. The SMILES string of the molecule is NC(=O)C(Sc1nc2ccc(N)cc2s1)c1ccc([N+](=O)[O-])cc1. The second-order valence-corrected chi connectivity index (χ2v) is 7.34. The molecule has 0 aliphatic heterocycles. The standard InChI is InChI=1S/C15H12N4O3S2/c16-9-3-6-11-12(7-9)23-15(18-11)24-13(14(17)20)8-1-4-10(5-2-8)19(21)22/h1-7,13H,16H2,(H2,17,20). The maximum atomic E-state index is 11.8. The Morgan fingerprint density at radius 2 is 1.96 bits per heavy atom. The van der Waals surface area contributed by atoms with Gasteiger partial charge in [-0.2, -0.15) is 0 Å². The largest absolute Gasteiger partial charge is 0.399 e. The van der Waals surface area contributed by atoms with E-state index in [1.165, 1.54) is 47.4 Å². The number of non-ortho nitro benzene ring substituents is 1. The Morgan fingerprint density at radius 1 is 1.25 bits per heavy atom. The lowest BCUT2D eigenvalue weighted by Crippen LogP contribution is -2.18. The first-order valence-corrected chi connectivity index (χ1v) is 8.50. The van der Waals surface area contributed by atoms with Crippen molar-refractivity contribution in [2.45, 2.75) is 9.59 Å². The van der Waals surface area contributed by atoms with E-state index in [2.05, 4.69) is 4.98 Å². The number of carbonyl (C=O) groups excluding carboxylic acids is 1. The van der Waals surface area contributed by atoms with E-state index in [9.17, 15) is 14.9 Å². The number of amides is 1. The molecule has 0 aliphatic carbocycles. The van der Waals surface area contributed by atoms with Gasteiger partial charge in [0.25, 0.3) is 5.69 Å². The molecule has 3 aromatic rings. The molecule has 24 heavy (non-hydrogen) atoms. The summed E-state index contributed by atoms with van der Waals surface area (Å²) >= 11 is 2.63. The molecule has 0 saturated carbocycles. The van der Waals surface area contributed by atoms with Gasteiger partial charge >= 0.3 is 0 Å². The van der Waals surface area contributed by atoms with Crippen molar-refractivity contribution in [3.05, 3.63) is 58.1 Å². The van der Waals surface area contributed by atoms with Gasteiger partial charge in [-0.1, -0.05) is 23.9 Å². The molecule has 0 spiro atoms. The number of aromatic nitrogens is 1. The van der Waals surface area contributed by atoms with Crippen LogP contribution in [0.3, 0.4) is 0 Å². The van der Waals surface area contributed by atoms with Crippen LogP contribution in [0, 0.1) is 10.1 Å². The van der Waals surface area contributed by atoms with Crippen molar-refractivity contribution in [2.24, 2.45) is 5.73 Å². The smallest absolute Gasteiger partial charge is 0.269 e. The third-order valence-corrected chi connectivity index (χ3v) is 5.66. The fourth-order valence-electron chi connectivity index (χ4n) is 2.13. The molecular weight excluding hydrogens is 348 g/mol. The van der Waals surface area contributed by atoms with Gasteiger partial charge in [0.2, 0.25) is 5.91 Å². The van der Waals surface area contributed by atoms with Crippen molar-refractivity contribution < 1.29 is 9.72 Å². The highest BCUT2D eigenvalue weighted by molar-refractivity contribution is 8.02. The minimum absolute atomic E-state index is 0.0394. The molecule has 9 heteroatoms. The number of primary amides is 1. The minimum Gasteiger partial charge on any atom is -0.399 e. The molecule has 4 N–H and O–H groups in total. The van der Waals surface area contributed by atoms with Gasteiger partial charge in [-0.15, -0.1) is 11.3 Å². The Morgan fingerprint density at radius 3 is 2.58 bits per heavy atom. The number of thiazole rings is 1. The van der Waals surface area contributed by atoms with Crippen molar-refractivity contribution in [3.63, 3.8) is 0 Å². The summed E-state index contributed by atoms with van der Waals surface area (Å²) in [4.78, 5) is 26.5. The highest BCUT2D eigenvalue weighted by atomic mass is 32.2. The first kappa shape index (κ1) is 16.2. The first-order valence-electron chi connectivity index (χ1n) is 6.80. The van der Waals surface area contributed by atoms with E-state index in [4.69, 9.17) is 11.5 Å². The molecule has 1 aromatic heterocycles. The summed E-state index contributed by atoms with van der Waals surface area (Å²) in [6.07, 6.45) is 0. The summed E-state index contributed by atoms with van der Waals surface area (Å²) in [6, 6.07) is 11.2. The molecule has 0 aliphatic rings. The van der Waals surface area contributed by atoms with Gasteiger partial charge in [-0.3, -0.25) is 14.9 Å². The zero-order valence-corrected chi connectivity index (χ0v) is 13.8. The Hall–Kier alpha value is -2.65. The van der Waals surface area contributed by atoms with Gasteiger partial charge < -0.3 is 11.5 Å². The lowest BCUT2D eigenvalue weighted by atomic mass is 10.1. The average Bonchev–Trinajstić information content (AvgIpc) is 2.94. The van der Waals surface area contributed by atoms with E-state index in [-0.39, 0.29) is 5.69 Å². The molecule has 1 unspecified atom stereocenters. The van der Waals surface area contributed by atoms with Gasteiger partial charge in [-0.25, -0.2) is 4.98 Å². The van der Waals surface area contributed by atoms with Crippen LogP contribution in [0.1, 0.15) is 10.8 Å². The number of nitrogens with two attached hydrogens (primary N) is 2. The molecule has 1 amide bonds. The van der Waals surface area contributed by atoms with E-state index in [1.807, 2.05) is 12.1 Å². The van der Waals surface area contributed by atoms with Crippen molar-refractivity contribution >= 4 is 50.6 Å². The van der Waals surface area contributed by atoms with Crippen LogP contribution in [-0.4, -0.2) is 15.8 Å². The Balaban J connectivity index is 1.90. The lowest BCUT2D eigenvalue weighted by molar-refractivity contribution is -0.384. The number of fused-ring (bicyclic) bond motifs is 1. The summed E-state index contributed by atoms with van der Waals surface area (Å²) in [5.41, 5.74) is 13.2. The first-order chi connectivity index (χ1) is 11.4. The number of hydrogen-bond acceptors (Lipinski definition) is 7. The van der Waals surface area contributed by atoms with Gasteiger partial charge in [0.1, 0.15) is 5.25 Å². The number of benzene rings is 2. The van der Waals surface area contributed by atoms with E-state index in [0.29, 0.717) is 15.6 Å². The molecule has 3 rings (SSSR count). The summed E-state index contributed by atoms with van der Waals surface area (Å²) < 4.78 is 1.60. The van der Waals surface area contributed by atoms with Crippen LogP contribution in [0.15, 0.2) is 46.8 Å². The lowest BCUT2D eigenvalue weighted by Gasteiger charge is -2.11. The molecule has 1 heterocycles. The van der Waals surface area contributed by atoms with Crippen molar-refractivity contribution in [1.82, 2.24) is 4.98 Å². The van der Waals surface area contributed by atoms with E-state index < -0.39 is 16.1 Å². The Bertz CT molecular complexity index is 924. The van der Waals surface area contributed by atoms with E-state index in [1.54, 1.807) is 6.07 Å². The fraction of sp³-hybridized carbons (Fsp3) is 0.0667. The number of carbonyl (C=O) groups is 1. The second kappa shape index (κ2) is 6.46. The Kier molecular flexibility index (Phi) is 4.36. The molecule has 122 valence electrons. The van der Waals surface area contributed by atoms with E-state index >= 15 is 0 Å². The summed E-state index contributed by atoms with van der Waals surface area (Å²) in [7, 11) is 0. The maximum Gasteiger partial charge on any atom is 0.269 e. The van der Waals surface area contributed by atoms with Crippen LogP contribution in [0.2, 0.25) is 0 Å². The van der Waals surface area contributed by atoms with Crippen molar-refractivity contribution in [2.75, 3.05) is 5.73 Å². The highest BCUT2D eigenvalue weighted by Gasteiger charge is 2.22. The number of hydrogen-bond donors (Lipinski definition) is 2. The van der Waals surface area contributed by atoms with E-state index in [0.717, 1.165) is 10.2 Å². The number of anilines is 1. The number of thioether (sulfide) groups is 1. The molecule has 0 saturated heterocycles. The number of rotatable bonds is 5. The third kappa shape index (κ3) is 3.31. The number of nitrogen functional groups attached to an aromatic ring is 1. The predicted molar refractivity (Wildman–Crippen MR) is 94.9 cm³/mol. The van der Waals surface area contributed by atoms with Crippen molar-refractivity contribution in [3.8, 4) is 0 Å². The third-order valence-electron chi connectivity index (χ3n) is 3.28. The maximum absolute atomic E-state index is 11.8. The molecular formula is C15H12N4O3S2. The normalized spacial score (nSPS) is 12.2. The van der Waals surface area contributed by atoms with Gasteiger partial charge in [0.15, 0.2) is 4.34 Å². The molecule has 0 bridgehead atoms. The summed E-state index contributed by atoms with van der Waals surface area (Å²) in [5.74, 6) is -0.535. The van der Waals surface area contributed by atoms with Crippen molar-refractivity contribution in [1.29, 1.82) is 0 Å². The van der Waals surface area contributed by atoms with Crippen LogP contribution >= 0.6 is 23.1 Å². The van der Waals surface area contributed by atoms with Gasteiger partial charge in [0.05, 0.1) is 15.1 Å². The number of nitrogens with zero attached hydrogens (tertiary/aromatic N) is 2. The monoisotopic (exact) mass is 360 g/mol. The minimum atomic E-state index is -0.677. The molecule has 1 atom stereocenters. The quantitative estimate of drug-likeness (QED) is 0.312. The Labute approximate surface area is 144 Å². The fourth-order valence-corrected chi connectivity index (χ4v) is 4.39. The molecule has 0 fully saturated rings. The summed E-state index contributed by atoms with van der Waals surface area (Å²) in [6.45, 7) is 0. The molecule has 0 radical (unpaired) electrons. The van der Waals surface area contributed by atoms with Crippen LogP contribution < -0.4 is 11.5 Å². The van der Waals surface area contributed by atoms with Crippen LogP contribution in [0.4, 0.5) is 11.4 Å². The second-order valence-electron chi connectivity index (χ2n) is 4.96. The van der Waals surface area contributed by atoms with Gasteiger partial charge in [-0.05, 0) is 23.8 Å². The van der Waals surface area contributed by atoms with Gasteiger partial charge in [0, 0.05) is 17.8 Å².